The maximum Gasteiger partial charge on any atom is 0.151 e. The molecule has 0 saturated carbocycles. The van der Waals surface area contributed by atoms with Gasteiger partial charge < -0.3 is 14.6 Å². The zero-order valence-electron chi connectivity index (χ0n) is 12.9. The van der Waals surface area contributed by atoms with Crippen LogP contribution in [-0.4, -0.2) is 18.3 Å². The Hall–Kier alpha value is -2.96. The monoisotopic (exact) mass is 333 g/mol. The Labute approximate surface area is 137 Å². The number of aliphatic carboxylic acids is 1. The smallest absolute Gasteiger partial charge is 0.151 e. The van der Waals surface area contributed by atoms with E-state index >= 15 is 0 Å². The summed E-state index contributed by atoms with van der Waals surface area (Å²) in [6.07, 6.45) is 0.565. The van der Waals surface area contributed by atoms with Crippen molar-refractivity contribution in [3.63, 3.8) is 0 Å². The number of carbonyl (C=O) groups excluding carboxylic acids is 1. The van der Waals surface area contributed by atoms with Crippen molar-refractivity contribution in [1.29, 1.82) is 0 Å². The van der Waals surface area contributed by atoms with Crippen molar-refractivity contribution in [2.45, 2.75) is 13.3 Å². The highest BCUT2D eigenvalue weighted by atomic mass is 19.1. The summed E-state index contributed by atoms with van der Waals surface area (Å²) < 4.78 is 31.4. The lowest BCUT2D eigenvalue weighted by molar-refractivity contribution is -0.307. The van der Waals surface area contributed by atoms with Crippen molar-refractivity contribution in [2.24, 2.45) is 5.10 Å². The van der Waals surface area contributed by atoms with E-state index in [0.717, 1.165) is 17.7 Å². The van der Waals surface area contributed by atoms with Crippen LogP contribution in [0.4, 0.5) is 14.5 Å². The van der Waals surface area contributed by atoms with Crippen molar-refractivity contribution in [2.75, 3.05) is 12.0 Å². The summed E-state index contributed by atoms with van der Waals surface area (Å²) in [5.41, 5.74) is 4.04. The third-order valence-corrected chi connectivity index (χ3v) is 3.12. The van der Waals surface area contributed by atoms with Crippen LogP contribution in [0.3, 0.4) is 0 Å². The second kappa shape index (κ2) is 8.05. The zero-order chi connectivity index (χ0) is 17.5. The molecule has 0 aromatic heterocycles. The standard InChI is InChI=1S/C17H16F2N2O3/c1-2-15(20-21-16-8-5-12(18)9-14(16)19)11-3-6-13(7-4-11)24-10-17(22)23/h3-9,21H,2,10H2,1H3,(H,22,23)/p-1/b20-15-. The number of hydrogen-bond donors (Lipinski definition) is 1. The topological polar surface area (TPSA) is 73.8 Å². The van der Waals surface area contributed by atoms with Gasteiger partial charge in [0, 0.05) is 6.07 Å². The van der Waals surface area contributed by atoms with Crippen LogP contribution in [0.25, 0.3) is 0 Å². The van der Waals surface area contributed by atoms with E-state index in [2.05, 4.69) is 10.5 Å². The Morgan fingerprint density at radius 1 is 1.21 bits per heavy atom. The maximum atomic E-state index is 13.6. The minimum atomic E-state index is -1.31. The van der Waals surface area contributed by atoms with E-state index in [1.54, 1.807) is 24.3 Å². The number of nitrogens with zero attached hydrogens (tertiary/aromatic N) is 1. The van der Waals surface area contributed by atoms with Crippen LogP contribution in [0, 0.1) is 11.6 Å². The number of anilines is 1. The number of carboxylic acids is 1. The predicted octanol–water partition coefficient (Wildman–Crippen LogP) is 2.32. The summed E-state index contributed by atoms with van der Waals surface area (Å²) in [4.78, 5) is 10.3. The first-order valence-corrected chi connectivity index (χ1v) is 7.20. The lowest BCUT2D eigenvalue weighted by atomic mass is 10.1. The van der Waals surface area contributed by atoms with Crippen molar-refractivity contribution in [3.05, 3.63) is 59.7 Å². The fraction of sp³-hybridized carbons (Fsp3) is 0.176. The van der Waals surface area contributed by atoms with Gasteiger partial charge in [0.05, 0.1) is 17.4 Å². The predicted molar refractivity (Wildman–Crippen MR) is 83.8 cm³/mol. The van der Waals surface area contributed by atoms with Gasteiger partial charge in [0.25, 0.3) is 0 Å². The summed E-state index contributed by atoms with van der Waals surface area (Å²) in [6.45, 7) is 1.35. The minimum Gasteiger partial charge on any atom is -0.546 e. The maximum absolute atomic E-state index is 13.6. The molecule has 7 heteroatoms. The van der Waals surface area contributed by atoms with Crippen molar-refractivity contribution in [1.82, 2.24) is 0 Å². The number of halogens is 2. The van der Waals surface area contributed by atoms with Gasteiger partial charge in [-0.3, -0.25) is 5.43 Å². The highest BCUT2D eigenvalue weighted by molar-refractivity contribution is 6.00. The van der Waals surface area contributed by atoms with Crippen LogP contribution in [0.15, 0.2) is 47.6 Å². The van der Waals surface area contributed by atoms with Gasteiger partial charge in [0.1, 0.15) is 18.2 Å². The average Bonchev–Trinajstić information content (AvgIpc) is 2.56. The number of rotatable bonds is 7. The molecule has 0 saturated heterocycles. The fourth-order valence-corrected chi connectivity index (χ4v) is 1.94. The molecule has 2 aromatic rings. The van der Waals surface area contributed by atoms with Crippen LogP contribution in [0.2, 0.25) is 0 Å². The van der Waals surface area contributed by atoms with E-state index in [4.69, 9.17) is 4.74 Å². The molecule has 0 amide bonds. The van der Waals surface area contributed by atoms with Crippen LogP contribution in [0.1, 0.15) is 18.9 Å². The molecule has 0 aliphatic rings. The van der Waals surface area contributed by atoms with E-state index < -0.39 is 24.2 Å². The molecule has 1 N–H and O–H groups in total. The number of hydrogen-bond acceptors (Lipinski definition) is 5. The molecule has 0 aliphatic heterocycles. The van der Waals surface area contributed by atoms with Gasteiger partial charge in [-0.2, -0.15) is 5.10 Å². The second-order valence-electron chi connectivity index (χ2n) is 4.83. The number of benzene rings is 2. The number of hydrazone groups is 1. The van der Waals surface area contributed by atoms with E-state index in [1.165, 1.54) is 6.07 Å². The molecule has 24 heavy (non-hydrogen) atoms. The summed E-state index contributed by atoms with van der Waals surface area (Å²) in [5, 5.41) is 14.5. The Kier molecular flexibility index (Phi) is 5.83. The van der Waals surface area contributed by atoms with Crippen LogP contribution < -0.4 is 15.3 Å². The summed E-state index contributed by atoms with van der Waals surface area (Å²) >= 11 is 0. The van der Waals surface area contributed by atoms with Gasteiger partial charge in [-0.1, -0.05) is 6.92 Å². The van der Waals surface area contributed by atoms with Crippen molar-refractivity contribution in [3.8, 4) is 5.75 Å². The molecule has 0 spiro atoms. The summed E-state index contributed by atoms with van der Waals surface area (Å²) in [6, 6.07) is 9.77. The molecule has 0 fully saturated rings. The Bertz CT molecular complexity index is 746. The first-order valence-electron chi connectivity index (χ1n) is 7.20. The molecule has 126 valence electrons. The third kappa shape index (κ3) is 4.77. The molecular formula is C17H15F2N2O3-. The van der Waals surface area contributed by atoms with Gasteiger partial charge in [-0.05, 0) is 48.4 Å². The van der Waals surface area contributed by atoms with Crippen LogP contribution in [0.5, 0.6) is 5.75 Å². The number of ether oxygens (including phenoxy) is 1. The third-order valence-electron chi connectivity index (χ3n) is 3.12. The molecular weight excluding hydrogens is 318 g/mol. The van der Waals surface area contributed by atoms with Crippen LogP contribution >= 0.6 is 0 Å². The van der Waals surface area contributed by atoms with Crippen molar-refractivity contribution < 1.29 is 23.4 Å². The first kappa shape index (κ1) is 17.4. The van der Waals surface area contributed by atoms with Gasteiger partial charge in [0.2, 0.25) is 0 Å². The van der Waals surface area contributed by atoms with E-state index in [9.17, 15) is 18.7 Å². The van der Waals surface area contributed by atoms with Crippen LogP contribution in [-0.2, 0) is 4.79 Å². The SMILES string of the molecule is CC/C(=N/Nc1ccc(F)cc1F)c1ccc(OCC(=O)[O-])cc1. The van der Waals surface area contributed by atoms with E-state index in [0.29, 0.717) is 17.9 Å². The summed E-state index contributed by atoms with van der Waals surface area (Å²) in [5.74, 6) is -2.32. The molecule has 0 radical (unpaired) electrons. The normalized spacial score (nSPS) is 11.2. The van der Waals surface area contributed by atoms with Gasteiger partial charge in [-0.15, -0.1) is 0 Å². The minimum absolute atomic E-state index is 0.0660. The highest BCUT2D eigenvalue weighted by Gasteiger charge is 2.05. The molecule has 0 bridgehead atoms. The van der Waals surface area contributed by atoms with Crippen molar-refractivity contribution >= 4 is 17.4 Å². The molecule has 0 atom stereocenters. The summed E-state index contributed by atoms with van der Waals surface area (Å²) in [7, 11) is 0. The quantitative estimate of drug-likeness (QED) is 0.623. The lowest BCUT2D eigenvalue weighted by Crippen LogP contribution is -2.28. The molecule has 0 heterocycles. The molecule has 0 aliphatic carbocycles. The van der Waals surface area contributed by atoms with Gasteiger partial charge in [-0.25, -0.2) is 8.78 Å². The largest absolute Gasteiger partial charge is 0.546 e. The molecule has 2 rings (SSSR count). The Morgan fingerprint density at radius 3 is 2.50 bits per heavy atom. The van der Waals surface area contributed by atoms with Gasteiger partial charge >= 0.3 is 0 Å². The second-order valence-corrected chi connectivity index (χ2v) is 4.83. The first-order chi connectivity index (χ1) is 11.5. The fourth-order valence-electron chi connectivity index (χ4n) is 1.94. The Morgan fingerprint density at radius 2 is 1.92 bits per heavy atom. The molecule has 2 aromatic carbocycles. The van der Waals surface area contributed by atoms with E-state index in [1.807, 2.05) is 6.92 Å². The Balaban J connectivity index is 2.10. The molecule has 0 unspecified atom stereocenters. The number of carbonyl (C=O) groups is 1. The number of carboxylic acid groups (broad SMARTS) is 1. The number of nitrogens with one attached hydrogen (secondary N) is 1. The zero-order valence-corrected chi connectivity index (χ0v) is 12.9. The lowest BCUT2D eigenvalue weighted by Gasteiger charge is -2.09. The van der Waals surface area contributed by atoms with E-state index in [-0.39, 0.29) is 5.69 Å². The molecule has 5 nitrogen and oxygen atoms in total. The highest BCUT2D eigenvalue weighted by Crippen LogP contribution is 2.17. The average molecular weight is 333 g/mol. The van der Waals surface area contributed by atoms with Gasteiger partial charge in [0.15, 0.2) is 5.82 Å².